The lowest BCUT2D eigenvalue weighted by Crippen LogP contribution is -2.50. The van der Waals surface area contributed by atoms with Crippen LogP contribution in [0.5, 0.6) is 0 Å². The van der Waals surface area contributed by atoms with Gasteiger partial charge >= 0.3 is 0 Å². The molecule has 2 rings (SSSR count). The smallest absolute Gasteiger partial charge is 0.226 e. The van der Waals surface area contributed by atoms with Crippen molar-refractivity contribution in [1.82, 2.24) is 0 Å². The Bertz CT molecular complexity index is 640. The fourth-order valence-corrected chi connectivity index (χ4v) is 2.65. The number of nitrogens with zero attached hydrogens (tertiary/aromatic N) is 2. The van der Waals surface area contributed by atoms with E-state index in [1.165, 1.54) is 14.2 Å². The molecule has 2 aromatic carbocycles. The molecule has 0 N–H and O–H groups in total. The minimum Gasteiger partial charge on any atom is -0.356 e. The van der Waals surface area contributed by atoms with Gasteiger partial charge in [0.05, 0.1) is 0 Å². The molecule has 0 amide bonds. The Balaban J connectivity index is 2.79. The van der Waals surface area contributed by atoms with Crippen molar-refractivity contribution in [1.29, 1.82) is 10.5 Å². The van der Waals surface area contributed by atoms with E-state index in [4.69, 9.17) is 9.47 Å². The van der Waals surface area contributed by atoms with Crippen LogP contribution in [0.15, 0.2) is 60.7 Å². The van der Waals surface area contributed by atoms with Crippen LogP contribution in [0.4, 0.5) is 0 Å². The molecule has 0 aliphatic rings. The van der Waals surface area contributed by atoms with Gasteiger partial charge in [-0.1, -0.05) is 60.7 Å². The highest BCUT2D eigenvalue weighted by Gasteiger charge is 2.57. The molecule has 2 unspecified atom stereocenters. The van der Waals surface area contributed by atoms with E-state index in [-0.39, 0.29) is 0 Å². The minimum absolute atomic E-state index is 0.562. The topological polar surface area (TPSA) is 66.0 Å². The molecular formula is C18H16N2O2. The molecule has 22 heavy (non-hydrogen) atoms. The van der Waals surface area contributed by atoms with Crippen LogP contribution in [0, 0.1) is 22.7 Å². The first-order chi connectivity index (χ1) is 10.7. The predicted octanol–water partition coefficient (Wildman–Crippen LogP) is 3.12. The van der Waals surface area contributed by atoms with Gasteiger partial charge in [0.1, 0.15) is 12.1 Å². The van der Waals surface area contributed by atoms with E-state index in [9.17, 15) is 10.5 Å². The third-order valence-corrected chi connectivity index (χ3v) is 3.78. The van der Waals surface area contributed by atoms with E-state index in [2.05, 4.69) is 12.1 Å². The first kappa shape index (κ1) is 15.7. The van der Waals surface area contributed by atoms with Gasteiger partial charge in [-0.15, -0.1) is 0 Å². The second-order valence-corrected chi connectivity index (χ2v) is 4.73. The highest BCUT2D eigenvalue weighted by molar-refractivity contribution is 5.44. The SMILES string of the molecule is COC(C#N)(c1ccccc1)C(C#N)(OC)c1ccccc1. The van der Waals surface area contributed by atoms with Crippen molar-refractivity contribution in [3.8, 4) is 12.1 Å². The van der Waals surface area contributed by atoms with Gasteiger partial charge in [0, 0.05) is 25.3 Å². The fourth-order valence-electron chi connectivity index (χ4n) is 2.65. The molecule has 0 heterocycles. The molecule has 0 saturated carbocycles. The predicted molar refractivity (Wildman–Crippen MR) is 81.5 cm³/mol. The summed E-state index contributed by atoms with van der Waals surface area (Å²) in [6, 6.07) is 22.2. The normalized spacial score (nSPS) is 15.8. The molecule has 0 spiro atoms. The second-order valence-electron chi connectivity index (χ2n) is 4.73. The first-order valence-electron chi connectivity index (χ1n) is 6.74. The van der Waals surface area contributed by atoms with E-state index >= 15 is 0 Å². The highest BCUT2D eigenvalue weighted by Crippen LogP contribution is 2.45. The Morgan fingerprint density at radius 3 is 1.23 bits per heavy atom. The third-order valence-electron chi connectivity index (χ3n) is 3.78. The molecule has 4 heteroatoms. The number of hydrogen-bond donors (Lipinski definition) is 0. The number of methoxy groups -OCH3 is 2. The number of ether oxygens (including phenoxy) is 2. The van der Waals surface area contributed by atoms with Crippen molar-refractivity contribution in [2.45, 2.75) is 11.2 Å². The highest BCUT2D eigenvalue weighted by atomic mass is 16.5. The number of rotatable bonds is 5. The van der Waals surface area contributed by atoms with Gasteiger partial charge in [-0.05, 0) is 0 Å². The number of benzene rings is 2. The van der Waals surface area contributed by atoms with E-state index in [0.29, 0.717) is 11.1 Å². The zero-order valence-electron chi connectivity index (χ0n) is 12.5. The summed E-state index contributed by atoms with van der Waals surface area (Å²) >= 11 is 0. The molecule has 4 nitrogen and oxygen atoms in total. The van der Waals surface area contributed by atoms with Crippen molar-refractivity contribution in [3.63, 3.8) is 0 Å². The largest absolute Gasteiger partial charge is 0.356 e. The lowest BCUT2D eigenvalue weighted by molar-refractivity contribution is -0.135. The summed E-state index contributed by atoms with van der Waals surface area (Å²) in [7, 11) is 2.81. The van der Waals surface area contributed by atoms with Gasteiger partial charge in [-0.2, -0.15) is 10.5 Å². The van der Waals surface area contributed by atoms with Gasteiger partial charge in [-0.3, -0.25) is 0 Å². The van der Waals surface area contributed by atoms with Crippen LogP contribution >= 0.6 is 0 Å². The first-order valence-corrected chi connectivity index (χ1v) is 6.74. The summed E-state index contributed by atoms with van der Waals surface area (Å²) in [5.74, 6) is 0. The quantitative estimate of drug-likeness (QED) is 0.849. The Morgan fingerprint density at radius 1 is 0.682 bits per heavy atom. The lowest BCUT2D eigenvalue weighted by Gasteiger charge is -2.39. The molecule has 2 aromatic rings. The van der Waals surface area contributed by atoms with E-state index < -0.39 is 11.2 Å². The monoisotopic (exact) mass is 292 g/mol. The summed E-state index contributed by atoms with van der Waals surface area (Å²) in [6.07, 6.45) is 0. The van der Waals surface area contributed by atoms with Crippen LogP contribution in [0.25, 0.3) is 0 Å². The molecule has 2 atom stereocenters. The number of nitriles is 2. The number of hydrogen-bond acceptors (Lipinski definition) is 4. The van der Waals surface area contributed by atoms with Gasteiger partial charge in [0.25, 0.3) is 0 Å². The van der Waals surface area contributed by atoms with Crippen molar-refractivity contribution in [2.75, 3.05) is 14.2 Å². The van der Waals surface area contributed by atoms with E-state index in [0.717, 1.165) is 0 Å². The molecule has 0 radical (unpaired) electrons. The third kappa shape index (κ3) is 2.16. The van der Waals surface area contributed by atoms with Crippen LogP contribution in [0.1, 0.15) is 11.1 Å². The van der Waals surface area contributed by atoms with Gasteiger partial charge in [0.15, 0.2) is 0 Å². The maximum atomic E-state index is 9.88. The van der Waals surface area contributed by atoms with Crippen molar-refractivity contribution in [3.05, 3.63) is 71.8 Å². The average Bonchev–Trinajstić information content (AvgIpc) is 2.61. The lowest BCUT2D eigenvalue weighted by atomic mass is 9.74. The molecule has 0 bridgehead atoms. The van der Waals surface area contributed by atoms with Crippen molar-refractivity contribution < 1.29 is 9.47 Å². The van der Waals surface area contributed by atoms with Crippen molar-refractivity contribution >= 4 is 0 Å². The summed E-state index contributed by atoms with van der Waals surface area (Å²) in [4.78, 5) is 0. The Kier molecular flexibility index (Phi) is 4.58. The summed E-state index contributed by atoms with van der Waals surface area (Å²) in [6.45, 7) is 0. The summed E-state index contributed by atoms with van der Waals surface area (Å²) in [5.41, 5.74) is -2.04. The molecule has 0 aromatic heterocycles. The van der Waals surface area contributed by atoms with E-state index in [1.807, 2.05) is 12.1 Å². The van der Waals surface area contributed by atoms with Crippen molar-refractivity contribution in [2.24, 2.45) is 0 Å². The van der Waals surface area contributed by atoms with Crippen LogP contribution in [-0.2, 0) is 20.7 Å². The summed E-state index contributed by atoms with van der Waals surface area (Å²) in [5, 5.41) is 19.8. The molecule has 110 valence electrons. The van der Waals surface area contributed by atoms with Gasteiger partial charge < -0.3 is 9.47 Å². The Morgan fingerprint density at radius 2 is 1.00 bits per heavy atom. The van der Waals surface area contributed by atoms with Crippen LogP contribution < -0.4 is 0 Å². The maximum absolute atomic E-state index is 9.88. The second kappa shape index (κ2) is 6.41. The average molecular weight is 292 g/mol. The zero-order valence-corrected chi connectivity index (χ0v) is 12.5. The Labute approximate surface area is 130 Å². The summed E-state index contributed by atoms with van der Waals surface area (Å²) < 4.78 is 11.1. The van der Waals surface area contributed by atoms with E-state index in [1.54, 1.807) is 48.5 Å². The van der Waals surface area contributed by atoms with Crippen LogP contribution in [-0.4, -0.2) is 14.2 Å². The standard InChI is InChI=1S/C18H16N2O2/c1-21-17(13-19,15-9-5-3-6-10-15)18(14-20,22-2)16-11-7-4-8-12-16/h3-12H,1-2H3. The maximum Gasteiger partial charge on any atom is 0.226 e. The minimum atomic E-state index is -1.58. The molecule has 0 saturated heterocycles. The van der Waals surface area contributed by atoms with Crippen LogP contribution in [0.3, 0.4) is 0 Å². The fraction of sp³-hybridized carbons (Fsp3) is 0.222. The molecule has 0 fully saturated rings. The molecular weight excluding hydrogens is 276 g/mol. The zero-order chi connectivity index (χ0) is 16.1. The van der Waals surface area contributed by atoms with Gasteiger partial charge in [0.2, 0.25) is 11.2 Å². The van der Waals surface area contributed by atoms with Crippen LogP contribution in [0.2, 0.25) is 0 Å². The van der Waals surface area contributed by atoms with Gasteiger partial charge in [-0.25, -0.2) is 0 Å². The molecule has 0 aliphatic carbocycles. The molecule has 0 aliphatic heterocycles. The Hall–Kier alpha value is -2.66.